The smallest absolute Gasteiger partial charge is 0.204 e. The minimum atomic E-state index is 0.0519. The Hall–Kier alpha value is -1.13. The predicted octanol–water partition coefficient (Wildman–Crippen LogP) is 3.51. The van der Waals surface area contributed by atoms with Crippen molar-refractivity contribution in [3.8, 4) is 0 Å². The van der Waals surface area contributed by atoms with Gasteiger partial charge < -0.3 is 4.98 Å². The number of aromatic nitrogens is 1. The first-order valence-electron chi connectivity index (χ1n) is 4.44. The highest BCUT2D eigenvalue weighted by Gasteiger charge is 2.06. The molecule has 3 rings (SSSR count). The fourth-order valence-corrected chi connectivity index (χ4v) is 2.94. The Morgan fingerprint density at radius 1 is 1.27 bits per heavy atom. The van der Waals surface area contributed by atoms with Crippen LogP contribution in [0.3, 0.4) is 0 Å². The monoisotopic (exact) mass is 279 g/mol. The highest BCUT2D eigenvalue weighted by atomic mass is 79.9. The molecule has 2 aromatic heterocycles. The van der Waals surface area contributed by atoms with E-state index in [-0.39, 0.29) is 5.43 Å². The fourth-order valence-electron chi connectivity index (χ4n) is 1.68. The Kier molecular flexibility index (Phi) is 1.94. The zero-order chi connectivity index (χ0) is 10.4. The van der Waals surface area contributed by atoms with E-state index in [1.807, 2.05) is 23.6 Å². The highest BCUT2D eigenvalue weighted by molar-refractivity contribution is 9.10. The first-order chi connectivity index (χ1) is 7.25. The second-order valence-electron chi connectivity index (χ2n) is 3.30. The molecule has 0 bridgehead atoms. The van der Waals surface area contributed by atoms with E-state index in [4.69, 9.17) is 0 Å². The van der Waals surface area contributed by atoms with E-state index >= 15 is 0 Å². The Balaban J connectivity index is 2.64. The summed E-state index contributed by atoms with van der Waals surface area (Å²) in [5.74, 6) is 0. The van der Waals surface area contributed by atoms with Crippen LogP contribution in [-0.4, -0.2) is 4.98 Å². The number of aromatic amines is 1. The molecular formula is C11H6BrNOS. The number of hydrogen-bond acceptors (Lipinski definition) is 2. The van der Waals surface area contributed by atoms with Crippen LogP contribution in [0.1, 0.15) is 0 Å². The van der Waals surface area contributed by atoms with Gasteiger partial charge in [-0.25, -0.2) is 0 Å². The van der Waals surface area contributed by atoms with Gasteiger partial charge in [0.2, 0.25) is 5.43 Å². The molecule has 15 heavy (non-hydrogen) atoms. The van der Waals surface area contributed by atoms with E-state index < -0.39 is 0 Å². The molecule has 0 aliphatic carbocycles. The van der Waals surface area contributed by atoms with Crippen molar-refractivity contribution < 1.29 is 0 Å². The van der Waals surface area contributed by atoms with Crippen molar-refractivity contribution in [3.63, 3.8) is 0 Å². The van der Waals surface area contributed by atoms with E-state index in [0.717, 1.165) is 20.1 Å². The molecule has 2 heterocycles. The van der Waals surface area contributed by atoms with Crippen molar-refractivity contribution in [3.05, 3.63) is 44.3 Å². The summed E-state index contributed by atoms with van der Waals surface area (Å²) in [4.78, 5) is 14.7. The summed E-state index contributed by atoms with van der Waals surface area (Å²) in [7, 11) is 0. The first kappa shape index (κ1) is 9.12. The largest absolute Gasteiger partial charge is 0.351 e. The maximum Gasteiger partial charge on any atom is 0.204 e. The van der Waals surface area contributed by atoms with Crippen molar-refractivity contribution in [1.82, 2.24) is 4.98 Å². The predicted molar refractivity (Wildman–Crippen MR) is 67.7 cm³/mol. The van der Waals surface area contributed by atoms with Gasteiger partial charge in [-0.3, -0.25) is 4.79 Å². The molecule has 1 N–H and O–H groups in total. The number of rotatable bonds is 0. The molecule has 0 radical (unpaired) electrons. The van der Waals surface area contributed by atoms with Gasteiger partial charge in [0, 0.05) is 15.4 Å². The normalized spacial score (nSPS) is 11.3. The SMILES string of the molecule is O=c1ccsc2c1[nH]c1ccc(Br)cc12. The van der Waals surface area contributed by atoms with Crippen molar-refractivity contribution in [2.24, 2.45) is 0 Å². The maximum absolute atomic E-state index is 11.6. The van der Waals surface area contributed by atoms with Crippen LogP contribution in [0.5, 0.6) is 0 Å². The van der Waals surface area contributed by atoms with Gasteiger partial charge in [0.05, 0.1) is 4.70 Å². The van der Waals surface area contributed by atoms with Gasteiger partial charge in [-0.1, -0.05) is 15.9 Å². The second-order valence-corrected chi connectivity index (χ2v) is 5.14. The van der Waals surface area contributed by atoms with Crippen LogP contribution in [0.4, 0.5) is 0 Å². The van der Waals surface area contributed by atoms with E-state index in [2.05, 4.69) is 20.9 Å². The van der Waals surface area contributed by atoms with Gasteiger partial charge >= 0.3 is 0 Å². The van der Waals surface area contributed by atoms with Crippen LogP contribution < -0.4 is 5.43 Å². The Labute approximate surface area is 97.7 Å². The molecule has 0 aliphatic rings. The molecule has 0 saturated carbocycles. The van der Waals surface area contributed by atoms with Crippen LogP contribution in [0.15, 0.2) is 38.9 Å². The highest BCUT2D eigenvalue weighted by Crippen LogP contribution is 2.28. The van der Waals surface area contributed by atoms with Crippen LogP contribution in [0, 0.1) is 0 Å². The summed E-state index contributed by atoms with van der Waals surface area (Å²) in [5, 5.41) is 2.93. The first-order valence-corrected chi connectivity index (χ1v) is 6.12. The molecule has 0 amide bonds. The van der Waals surface area contributed by atoms with Crippen molar-refractivity contribution in [1.29, 1.82) is 0 Å². The topological polar surface area (TPSA) is 32.9 Å². The van der Waals surface area contributed by atoms with Crippen molar-refractivity contribution in [2.45, 2.75) is 0 Å². The molecule has 1 aromatic carbocycles. The van der Waals surface area contributed by atoms with E-state index in [1.54, 1.807) is 17.4 Å². The lowest BCUT2D eigenvalue weighted by Crippen LogP contribution is -1.95. The molecule has 0 saturated heterocycles. The maximum atomic E-state index is 11.6. The second kappa shape index (κ2) is 3.18. The lowest BCUT2D eigenvalue weighted by Gasteiger charge is -1.90. The summed E-state index contributed by atoms with van der Waals surface area (Å²) >= 11 is 5.02. The molecule has 0 spiro atoms. The molecule has 0 unspecified atom stereocenters. The van der Waals surface area contributed by atoms with E-state index in [0.29, 0.717) is 5.52 Å². The van der Waals surface area contributed by atoms with Gasteiger partial charge in [-0.2, -0.15) is 0 Å². The number of benzene rings is 1. The van der Waals surface area contributed by atoms with Gasteiger partial charge in [-0.15, -0.1) is 11.3 Å². The summed E-state index contributed by atoms with van der Waals surface area (Å²) < 4.78 is 2.05. The minimum Gasteiger partial charge on any atom is -0.351 e. The van der Waals surface area contributed by atoms with Crippen LogP contribution >= 0.6 is 27.3 Å². The molecular weight excluding hydrogens is 274 g/mol. The van der Waals surface area contributed by atoms with Gasteiger partial charge in [-0.05, 0) is 29.6 Å². The van der Waals surface area contributed by atoms with E-state index in [9.17, 15) is 4.79 Å². The lowest BCUT2D eigenvalue weighted by molar-refractivity contribution is 1.52. The lowest BCUT2D eigenvalue weighted by atomic mass is 10.2. The number of nitrogens with one attached hydrogen (secondary N) is 1. The Bertz CT molecular complexity index is 713. The number of hydrogen-bond donors (Lipinski definition) is 1. The molecule has 74 valence electrons. The Morgan fingerprint density at radius 3 is 3.00 bits per heavy atom. The average Bonchev–Trinajstić information content (AvgIpc) is 2.58. The third kappa shape index (κ3) is 1.33. The van der Waals surface area contributed by atoms with Crippen LogP contribution in [-0.2, 0) is 0 Å². The van der Waals surface area contributed by atoms with E-state index in [1.165, 1.54) is 0 Å². The zero-order valence-corrected chi connectivity index (χ0v) is 9.98. The summed E-state index contributed by atoms with van der Waals surface area (Å²) in [6.07, 6.45) is 0. The van der Waals surface area contributed by atoms with Crippen molar-refractivity contribution in [2.75, 3.05) is 0 Å². The third-order valence-corrected chi connectivity index (χ3v) is 3.79. The number of fused-ring (bicyclic) bond motifs is 3. The standard InChI is InChI=1S/C11H6BrNOS/c12-6-1-2-8-7(5-6)11-10(13-8)9(14)3-4-15-11/h1-5,13H. The zero-order valence-electron chi connectivity index (χ0n) is 7.58. The van der Waals surface area contributed by atoms with Crippen LogP contribution in [0.2, 0.25) is 0 Å². The van der Waals surface area contributed by atoms with Gasteiger partial charge in [0.1, 0.15) is 5.52 Å². The summed E-state index contributed by atoms with van der Waals surface area (Å²) in [6, 6.07) is 7.57. The number of H-pyrrole nitrogens is 1. The molecule has 2 nitrogen and oxygen atoms in total. The summed E-state index contributed by atoms with van der Waals surface area (Å²) in [6.45, 7) is 0. The molecule has 4 heteroatoms. The average molecular weight is 280 g/mol. The Morgan fingerprint density at radius 2 is 2.13 bits per heavy atom. The van der Waals surface area contributed by atoms with Crippen LogP contribution in [0.25, 0.3) is 21.1 Å². The van der Waals surface area contributed by atoms with Gasteiger partial charge in [0.25, 0.3) is 0 Å². The third-order valence-electron chi connectivity index (χ3n) is 2.36. The van der Waals surface area contributed by atoms with Gasteiger partial charge in [0.15, 0.2) is 0 Å². The quantitative estimate of drug-likeness (QED) is 0.671. The molecule has 0 fully saturated rings. The summed E-state index contributed by atoms with van der Waals surface area (Å²) in [5.41, 5.74) is 1.76. The van der Waals surface area contributed by atoms with Crippen molar-refractivity contribution >= 4 is 48.4 Å². The molecule has 3 aromatic rings. The number of halogens is 1. The minimum absolute atomic E-state index is 0.0519. The molecule has 0 atom stereocenters. The molecule has 0 aliphatic heterocycles. The fraction of sp³-hybridized carbons (Fsp3) is 0.